The zero-order chi connectivity index (χ0) is 19.3. The molecule has 1 heterocycles. The Bertz CT molecular complexity index is 876. The van der Waals surface area contributed by atoms with Gasteiger partial charge in [-0.3, -0.25) is 14.3 Å². The third-order valence-corrected chi connectivity index (χ3v) is 4.25. The summed E-state index contributed by atoms with van der Waals surface area (Å²) in [6.07, 6.45) is 1.65. The Kier molecular flexibility index (Phi) is 6.43. The molecule has 0 unspecified atom stereocenters. The van der Waals surface area contributed by atoms with Crippen LogP contribution in [0, 0.1) is 5.82 Å². The molecule has 7 nitrogen and oxygen atoms in total. The number of ether oxygens (including phenoxy) is 1. The first-order valence-corrected chi connectivity index (χ1v) is 8.62. The van der Waals surface area contributed by atoms with Gasteiger partial charge < -0.3 is 15.4 Å². The second-order valence-electron chi connectivity index (χ2n) is 5.97. The number of H-pyrrole nitrogens is 1. The Morgan fingerprint density at radius 1 is 1.31 bits per heavy atom. The van der Waals surface area contributed by atoms with Crippen LogP contribution in [0.4, 0.5) is 15.9 Å². The Balaban J connectivity index is 2.49. The zero-order valence-corrected chi connectivity index (χ0v) is 15.3. The lowest BCUT2D eigenvalue weighted by atomic mass is 10.1. The Labute approximate surface area is 151 Å². The average molecular weight is 364 g/mol. The van der Waals surface area contributed by atoms with Crippen molar-refractivity contribution < 1.29 is 9.13 Å². The summed E-state index contributed by atoms with van der Waals surface area (Å²) in [7, 11) is 1.50. The maximum atomic E-state index is 13.6. The van der Waals surface area contributed by atoms with Crippen molar-refractivity contribution in [3.05, 3.63) is 50.4 Å². The molecule has 0 saturated carbocycles. The molecule has 0 bridgehead atoms. The number of nitrogen functional groups attached to an aromatic ring is 1. The van der Waals surface area contributed by atoms with E-state index in [-0.39, 0.29) is 18.1 Å². The first-order chi connectivity index (χ1) is 12.4. The predicted octanol–water partition coefficient (Wildman–Crippen LogP) is 2.09. The van der Waals surface area contributed by atoms with E-state index < -0.39 is 17.1 Å². The normalized spacial score (nSPS) is 10.8. The minimum atomic E-state index is -0.558. The van der Waals surface area contributed by atoms with Crippen LogP contribution in [0.5, 0.6) is 5.75 Å². The van der Waals surface area contributed by atoms with Crippen LogP contribution >= 0.6 is 0 Å². The van der Waals surface area contributed by atoms with Crippen LogP contribution in [0.1, 0.15) is 32.3 Å². The average Bonchev–Trinajstić information content (AvgIpc) is 2.60. The molecule has 26 heavy (non-hydrogen) atoms. The number of nitrogens with zero attached hydrogens (tertiary/aromatic N) is 2. The fourth-order valence-corrected chi connectivity index (χ4v) is 2.85. The molecule has 0 fully saturated rings. The maximum Gasteiger partial charge on any atom is 0.330 e. The van der Waals surface area contributed by atoms with Crippen molar-refractivity contribution in [3.63, 3.8) is 0 Å². The lowest BCUT2D eigenvalue weighted by molar-refractivity contribution is 0.408. The molecule has 0 radical (unpaired) electrons. The van der Waals surface area contributed by atoms with Gasteiger partial charge in [0, 0.05) is 25.2 Å². The van der Waals surface area contributed by atoms with Crippen LogP contribution in [0.25, 0.3) is 0 Å². The monoisotopic (exact) mass is 364 g/mol. The van der Waals surface area contributed by atoms with Crippen LogP contribution in [0.15, 0.2) is 27.8 Å². The number of hydrogen-bond donors (Lipinski definition) is 2. The summed E-state index contributed by atoms with van der Waals surface area (Å²) in [5, 5.41) is 0. The first-order valence-electron chi connectivity index (χ1n) is 8.62. The standard InChI is InChI=1S/C18H25FN4O3/c1-4-6-9-23-16(20)15(17(24)21-18(23)25)22(5-2)11-12-10-13(19)7-8-14(12)26-3/h7-8,10H,4-6,9,11,20H2,1-3H3,(H,21,24,25). The SMILES string of the molecule is CCCCn1c(N)c(N(CC)Cc2cc(F)ccc2OC)c(=O)[nH]c1=O. The summed E-state index contributed by atoms with van der Waals surface area (Å²) in [5.41, 5.74) is 5.86. The van der Waals surface area contributed by atoms with Crippen molar-refractivity contribution in [1.82, 2.24) is 9.55 Å². The highest BCUT2D eigenvalue weighted by Gasteiger charge is 2.19. The van der Waals surface area contributed by atoms with Gasteiger partial charge >= 0.3 is 5.69 Å². The smallest absolute Gasteiger partial charge is 0.330 e. The van der Waals surface area contributed by atoms with Crippen LogP contribution in [0.2, 0.25) is 0 Å². The molecular formula is C18H25FN4O3. The van der Waals surface area contributed by atoms with Crippen LogP contribution in [-0.2, 0) is 13.1 Å². The zero-order valence-electron chi connectivity index (χ0n) is 15.3. The number of halogens is 1. The fourth-order valence-electron chi connectivity index (χ4n) is 2.85. The number of aromatic amines is 1. The highest BCUT2D eigenvalue weighted by molar-refractivity contribution is 5.62. The van der Waals surface area contributed by atoms with Crippen molar-refractivity contribution >= 4 is 11.5 Å². The molecule has 2 rings (SSSR count). The molecule has 0 spiro atoms. The summed E-state index contributed by atoms with van der Waals surface area (Å²) in [6, 6.07) is 4.21. The topological polar surface area (TPSA) is 93.3 Å². The summed E-state index contributed by atoms with van der Waals surface area (Å²) in [6.45, 7) is 4.94. The molecule has 142 valence electrons. The van der Waals surface area contributed by atoms with Gasteiger partial charge in [-0.1, -0.05) is 13.3 Å². The molecular weight excluding hydrogens is 339 g/mol. The van der Waals surface area contributed by atoms with E-state index in [2.05, 4.69) is 4.98 Å². The van der Waals surface area contributed by atoms with Gasteiger partial charge in [-0.15, -0.1) is 0 Å². The lowest BCUT2D eigenvalue weighted by Gasteiger charge is -2.25. The predicted molar refractivity (Wildman–Crippen MR) is 100 cm³/mol. The molecule has 3 N–H and O–H groups in total. The third-order valence-electron chi connectivity index (χ3n) is 4.25. The number of aromatic nitrogens is 2. The largest absolute Gasteiger partial charge is 0.496 e. The van der Waals surface area contributed by atoms with Crippen LogP contribution < -0.4 is 26.6 Å². The van der Waals surface area contributed by atoms with E-state index in [1.54, 1.807) is 4.90 Å². The van der Waals surface area contributed by atoms with Crippen molar-refractivity contribution in [1.29, 1.82) is 0 Å². The van der Waals surface area contributed by atoms with Gasteiger partial charge in [-0.2, -0.15) is 0 Å². The van der Waals surface area contributed by atoms with Gasteiger partial charge in [-0.05, 0) is 31.5 Å². The molecule has 8 heteroatoms. The highest BCUT2D eigenvalue weighted by Crippen LogP contribution is 2.25. The second-order valence-corrected chi connectivity index (χ2v) is 5.97. The molecule has 0 aliphatic carbocycles. The maximum absolute atomic E-state index is 13.6. The van der Waals surface area contributed by atoms with Crippen LogP contribution in [-0.4, -0.2) is 23.2 Å². The van der Waals surface area contributed by atoms with Gasteiger partial charge in [-0.25, -0.2) is 9.18 Å². The third kappa shape index (κ3) is 4.07. The number of methoxy groups -OCH3 is 1. The second kappa shape index (κ2) is 8.55. The number of unbranched alkanes of at least 4 members (excludes halogenated alkanes) is 1. The van der Waals surface area contributed by atoms with E-state index in [9.17, 15) is 14.0 Å². The molecule has 0 saturated heterocycles. The van der Waals surface area contributed by atoms with Gasteiger partial charge in [0.1, 0.15) is 23.1 Å². The van der Waals surface area contributed by atoms with Crippen molar-refractivity contribution in [2.45, 2.75) is 39.8 Å². The number of nitrogens with two attached hydrogens (primary N) is 1. The number of rotatable bonds is 8. The van der Waals surface area contributed by atoms with E-state index in [0.717, 1.165) is 12.8 Å². The number of anilines is 2. The van der Waals surface area contributed by atoms with Crippen LogP contribution in [0.3, 0.4) is 0 Å². The van der Waals surface area contributed by atoms with Crippen molar-refractivity contribution in [2.24, 2.45) is 0 Å². The Morgan fingerprint density at radius 3 is 2.65 bits per heavy atom. The molecule has 0 amide bonds. The molecule has 2 aromatic rings. The van der Waals surface area contributed by atoms with E-state index in [4.69, 9.17) is 10.5 Å². The molecule has 0 atom stereocenters. The van der Waals surface area contributed by atoms with Gasteiger partial charge in [0.2, 0.25) is 0 Å². The quantitative estimate of drug-likeness (QED) is 0.748. The van der Waals surface area contributed by atoms with Crippen molar-refractivity contribution in [2.75, 3.05) is 24.3 Å². The summed E-state index contributed by atoms with van der Waals surface area (Å²) < 4.78 is 20.3. The van der Waals surface area contributed by atoms with Crippen molar-refractivity contribution in [3.8, 4) is 5.75 Å². The Morgan fingerprint density at radius 2 is 2.04 bits per heavy atom. The molecule has 1 aromatic heterocycles. The van der Waals surface area contributed by atoms with Gasteiger partial charge in [0.15, 0.2) is 0 Å². The van der Waals surface area contributed by atoms with E-state index in [1.807, 2.05) is 13.8 Å². The van der Waals surface area contributed by atoms with E-state index in [1.165, 1.54) is 29.9 Å². The minimum absolute atomic E-state index is 0.115. The number of hydrogen-bond acceptors (Lipinski definition) is 5. The fraction of sp³-hybridized carbons (Fsp3) is 0.444. The highest BCUT2D eigenvalue weighted by atomic mass is 19.1. The summed E-state index contributed by atoms with van der Waals surface area (Å²) in [4.78, 5) is 28.5. The number of nitrogens with one attached hydrogen (secondary N) is 1. The van der Waals surface area contributed by atoms with Gasteiger partial charge in [0.05, 0.1) is 7.11 Å². The molecule has 0 aliphatic heterocycles. The number of benzene rings is 1. The molecule has 1 aromatic carbocycles. The van der Waals surface area contributed by atoms with E-state index in [0.29, 0.717) is 24.4 Å². The van der Waals surface area contributed by atoms with Gasteiger partial charge in [0.25, 0.3) is 5.56 Å². The summed E-state index contributed by atoms with van der Waals surface area (Å²) >= 11 is 0. The molecule has 0 aliphatic rings. The van der Waals surface area contributed by atoms with E-state index >= 15 is 0 Å². The lowest BCUT2D eigenvalue weighted by Crippen LogP contribution is -2.38. The summed E-state index contributed by atoms with van der Waals surface area (Å²) in [5.74, 6) is 0.232. The Hall–Kier alpha value is -2.77. The minimum Gasteiger partial charge on any atom is -0.496 e. The first kappa shape index (κ1) is 19.6.